The normalized spacial score (nSPS) is 15.7. The van der Waals surface area contributed by atoms with Crippen molar-refractivity contribution in [3.8, 4) is 17.1 Å². The third-order valence-corrected chi connectivity index (χ3v) is 3.68. The van der Waals surface area contributed by atoms with E-state index in [2.05, 4.69) is 15.5 Å². The summed E-state index contributed by atoms with van der Waals surface area (Å²) in [7, 11) is 1.60. The summed E-state index contributed by atoms with van der Waals surface area (Å²) in [4.78, 5) is 11.1. The van der Waals surface area contributed by atoms with E-state index in [4.69, 9.17) is 9.84 Å². The Morgan fingerprint density at radius 2 is 2.33 bits per heavy atom. The molecule has 0 aliphatic heterocycles. The van der Waals surface area contributed by atoms with Gasteiger partial charge in [-0.2, -0.15) is 0 Å². The van der Waals surface area contributed by atoms with E-state index in [9.17, 15) is 4.79 Å². The van der Waals surface area contributed by atoms with Crippen molar-refractivity contribution >= 4 is 5.97 Å². The van der Waals surface area contributed by atoms with Crippen molar-refractivity contribution in [3.05, 3.63) is 24.3 Å². The molecule has 1 aliphatic rings. The number of hydrogen-bond donors (Lipinski definition) is 1. The van der Waals surface area contributed by atoms with Crippen LogP contribution in [0.4, 0.5) is 0 Å². The molecule has 1 unspecified atom stereocenters. The third-order valence-electron chi connectivity index (χ3n) is 3.68. The molecule has 1 aromatic heterocycles. The van der Waals surface area contributed by atoms with E-state index >= 15 is 0 Å². The van der Waals surface area contributed by atoms with Gasteiger partial charge in [0.05, 0.1) is 19.6 Å². The summed E-state index contributed by atoms with van der Waals surface area (Å²) in [6, 6.07) is 7.23. The summed E-state index contributed by atoms with van der Waals surface area (Å²) in [5, 5.41) is 20.9. The lowest BCUT2D eigenvalue weighted by Gasteiger charge is -2.15. The molecule has 7 heteroatoms. The van der Waals surface area contributed by atoms with Gasteiger partial charge >= 0.3 is 5.97 Å². The molecule has 110 valence electrons. The highest BCUT2D eigenvalue weighted by atomic mass is 16.5. The van der Waals surface area contributed by atoms with Crippen LogP contribution in [0.5, 0.6) is 5.75 Å². The lowest BCUT2D eigenvalue weighted by molar-refractivity contribution is -0.138. The molecule has 1 aromatic carbocycles. The maximum absolute atomic E-state index is 11.1. The third kappa shape index (κ3) is 2.86. The van der Waals surface area contributed by atoms with Crippen LogP contribution in [-0.4, -0.2) is 38.4 Å². The largest absolute Gasteiger partial charge is 0.497 e. The summed E-state index contributed by atoms with van der Waals surface area (Å²) in [6.45, 7) is 0. The molecule has 1 heterocycles. The van der Waals surface area contributed by atoms with Crippen LogP contribution < -0.4 is 4.74 Å². The number of carboxylic acid groups (broad SMARTS) is 1. The van der Waals surface area contributed by atoms with Crippen LogP contribution in [0.2, 0.25) is 0 Å². The quantitative estimate of drug-likeness (QED) is 0.871. The van der Waals surface area contributed by atoms with Crippen LogP contribution >= 0.6 is 0 Å². The molecule has 1 atom stereocenters. The summed E-state index contributed by atoms with van der Waals surface area (Å²) in [5.41, 5.74) is 0.815. The minimum Gasteiger partial charge on any atom is -0.497 e. The van der Waals surface area contributed by atoms with Crippen LogP contribution in [0.3, 0.4) is 0 Å². The molecule has 1 fully saturated rings. The van der Waals surface area contributed by atoms with E-state index in [1.54, 1.807) is 11.8 Å². The molecule has 0 spiro atoms. The summed E-state index contributed by atoms with van der Waals surface area (Å²) in [6.07, 6.45) is 2.08. The van der Waals surface area contributed by atoms with E-state index < -0.39 is 5.97 Å². The second-order valence-electron chi connectivity index (χ2n) is 5.18. The Balaban J connectivity index is 1.97. The molecular weight excluding hydrogens is 272 g/mol. The van der Waals surface area contributed by atoms with Gasteiger partial charge in [0.15, 0.2) is 5.82 Å². The first-order valence-corrected chi connectivity index (χ1v) is 6.83. The van der Waals surface area contributed by atoms with Gasteiger partial charge in [-0.05, 0) is 41.3 Å². The highest BCUT2D eigenvalue weighted by Crippen LogP contribution is 2.42. The number of aliphatic carboxylic acids is 1. The summed E-state index contributed by atoms with van der Waals surface area (Å²) < 4.78 is 6.85. The zero-order chi connectivity index (χ0) is 14.8. The van der Waals surface area contributed by atoms with Crippen LogP contribution in [0.15, 0.2) is 24.3 Å². The predicted octanol–water partition coefficient (Wildman–Crippen LogP) is 1.77. The van der Waals surface area contributed by atoms with Gasteiger partial charge in [-0.25, -0.2) is 4.68 Å². The summed E-state index contributed by atoms with van der Waals surface area (Å²) in [5.74, 6) is 0.795. The Bertz CT molecular complexity index is 651. The minimum atomic E-state index is -0.834. The lowest BCUT2D eigenvalue weighted by Crippen LogP contribution is -2.18. The van der Waals surface area contributed by atoms with E-state index in [1.807, 2.05) is 24.3 Å². The second kappa shape index (κ2) is 5.51. The molecule has 1 N–H and O–H groups in total. The first-order chi connectivity index (χ1) is 10.2. The van der Waals surface area contributed by atoms with Crippen LogP contribution in [0.25, 0.3) is 11.4 Å². The molecule has 0 saturated heterocycles. The smallest absolute Gasteiger partial charge is 0.305 e. The minimum absolute atomic E-state index is 0.0344. The molecular formula is C14H16N4O3. The Morgan fingerprint density at radius 3 is 3.00 bits per heavy atom. The average molecular weight is 288 g/mol. The van der Waals surface area contributed by atoms with Gasteiger partial charge in [-0.15, -0.1) is 5.10 Å². The number of methoxy groups -OCH3 is 1. The fraction of sp³-hybridized carbons (Fsp3) is 0.429. The molecule has 21 heavy (non-hydrogen) atoms. The van der Waals surface area contributed by atoms with Gasteiger partial charge in [0.2, 0.25) is 0 Å². The topological polar surface area (TPSA) is 90.1 Å². The standard InChI is InChI=1S/C14H16N4O3/c1-21-11-4-2-3-10(7-11)14-15-16-17-18(14)12(8-13(19)20)9-5-6-9/h2-4,7,9,12H,5-6,8H2,1H3,(H,19,20). The van der Waals surface area contributed by atoms with Crippen LogP contribution in [-0.2, 0) is 4.79 Å². The Labute approximate surface area is 121 Å². The number of benzene rings is 1. The zero-order valence-electron chi connectivity index (χ0n) is 11.6. The molecule has 1 aliphatic carbocycles. The van der Waals surface area contributed by atoms with Gasteiger partial charge in [0.25, 0.3) is 0 Å². The number of aromatic nitrogens is 4. The molecule has 1 saturated carbocycles. The van der Waals surface area contributed by atoms with Crippen molar-refractivity contribution < 1.29 is 14.6 Å². The van der Waals surface area contributed by atoms with E-state index in [0.717, 1.165) is 18.4 Å². The summed E-state index contributed by atoms with van der Waals surface area (Å²) >= 11 is 0. The van der Waals surface area contributed by atoms with Crippen molar-refractivity contribution in [2.24, 2.45) is 5.92 Å². The van der Waals surface area contributed by atoms with Crippen molar-refractivity contribution in [1.29, 1.82) is 0 Å². The Kier molecular flexibility index (Phi) is 3.55. The highest BCUT2D eigenvalue weighted by Gasteiger charge is 2.36. The van der Waals surface area contributed by atoms with Crippen LogP contribution in [0.1, 0.15) is 25.3 Å². The molecule has 2 aromatic rings. The van der Waals surface area contributed by atoms with E-state index in [-0.39, 0.29) is 12.5 Å². The van der Waals surface area contributed by atoms with Gasteiger partial charge in [0.1, 0.15) is 5.75 Å². The molecule has 0 amide bonds. The van der Waals surface area contributed by atoms with Crippen molar-refractivity contribution in [2.45, 2.75) is 25.3 Å². The van der Waals surface area contributed by atoms with Gasteiger partial charge in [0, 0.05) is 5.56 Å². The van der Waals surface area contributed by atoms with E-state index in [0.29, 0.717) is 17.5 Å². The van der Waals surface area contributed by atoms with Gasteiger partial charge in [-0.3, -0.25) is 4.79 Å². The first kappa shape index (κ1) is 13.5. The fourth-order valence-corrected chi connectivity index (χ4v) is 2.48. The SMILES string of the molecule is COc1cccc(-c2nnnn2C(CC(=O)O)C2CC2)c1. The maximum Gasteiger partial charge on any atom is 0.305 e. The Hall–Kier alpha value is -2.44. The van der Waals surface area contributed by atoms with Gasteiger partial charge in [-0.1, -0.05) is 12.1 Å². The number of carbonyl (C=O) groups is 1. The number of ether oxygens (including phenoxy) is 1. The maximum atomic E-state index is 11.1. The number of nitrogens with zero attached hydrogens (tertiary/aromatic N) is 4. The van der Waals surface area contributed by atoms with E-state index in [1.165, 1.54) is 0 Å². The highest BCUT2D eigenvalue weighted by molar-refractivity contribution is 5.67. The van der Waals surface area contributed by atoms with Crippen molar-refractivity contribution in [3.63, 3.8) is 0 Å². The van der Waals surface area contributed by atoms with Crippen LogP contribution in [0, 0.1) is 5.92 Å². The predicted molar refractivity (Wildman–Crippen MR) is 73.8 cm³/mol. The fourth-order valence-electron chi connectivity index (χ4n) is 2.48. The zero-order valence-corrected chi connectivity index (χ0v) is 11.6. The lowest BCUT2D eigenvalue weighted by atomic mass is 10.1. The number of carboxylic acids is 1. The molecule has 0 bridgehead atoms. The average Bonchev–Trinajstić information content (AvgIpc) is 3.21. The number of hydrogen-bond acceptors (Lipinski definition) is 5. The van der Waals surface area contributed by atoms with Crippen molar-refractivity contribution in [1.82, 2.24) is 20.2 Å². The van der Waals surface area contributed by atoms with Crippen molar-refractivity contribution in [2.75, 3.05) is 7.11 Å². The first-order valence-electron chi connectivity index (χ1n) is 6.83. The molecule has 0 radical (unpaired) electrons. The monoisotopic (exact) mass is 288 g/mol. The van der Waals surface area contributed by atoms with Gasteiger partial charge < -0.3 is 9.84 Å². The Morgan fingerprint density at radius 1 is 1.52 bits per heavy atom. The molecule has 7 nitrogen and oxygen atoms in total. The number of rotatable bonds is 6. The second-order valence-corrected chi connectivity index (χ2v) is 5.18. The number of tetrazole rings is 1. The molecule has 3 rings (SSSR count).